The molecule has 10 aliphatic rings. The van der Waals surface area contributed by atoms with E-state index in [1.54, 1.807) is 33.4 Å². The van der Waals surface area contributed by atoms with Crippen LogP contribution in [0.3, 0.4) is 0 Å². The first-order valence-corrected chi connectivity index (χ1v) is 36.4. The fourth-order valence-electron chi connectivity index (χ4n) is 18.7. The molecule has 0 saturated heterocycles. The first-order chi connectivity index (χ1) is 44.5. The molecule has 0 aliphatic heterocycles. The minimum atomic E-state index is 0.563. The molecule has 0 aromatic heterocycles. The van der Waals surface area contributed by atoms with Gasteiger partial charge < -0.3 is 0 Å². The molecule has 0 N–H and O–H groups in total. The lowest BCUT2D eigenvalue weighted by atomic mass is 9.77. The van der Waals surface area contributed by atoms with E-state index in [4.69, 9.17) is 0 Å². The lowest BCUT2D eigenvalue weighted by Crippen LogP contribution is -2.17. The van der Waals surface area contributed by atoms with E-state index in [9.17, 15) is 0 Å². The van der Waals surface area contributed by atoms with Gasteiger partial charge in [-0.1, -0.05) is 277 Å². The molecule has 3 fully saturated rings. The van der Waals surface area contributed by atoms with E-state index >= 15 is 0 Å². The third-order valence-corrected chi connectivity index (χ3v) is 23.8. The highest BCUT2D eigenvalue weighted by molar-refractivity contribution is 5.94. The fourth-order valence-corrected chi connectivity index (χ4v) is 18.7. The Morgan fingerprint density at radius 2 is 1.02 bits per heavy atom. The van der Waals surface area contributed by atoms with Crippen molar-refractivity contribution < 1.29 is 0 Å². The molecular formula is C91H104. The average Bonchev–Trinajstić information content (AvgIpc) is 1.68. The average molecular weight is 1200 g/mol. The van der Waals surface area contributed by atoms with Crippen molar-refractivity contribution in [1.29, 1.82) is 0 Å². The van der Waals surface area contributed by atoms with Crippen molar-refractivity contribution in [2.75, 3.05) is 0 Å². The van der Waals surface area contributed by atoms with Gasteiger partial charge in [0.1, 0.15) is 0 Å². The fraction of sp³-hybridized carbons (Fsp3) is 0.407. The van der Waals surface area contributed by atoms with Gasteiger partial charge in [-0.15, -0.1) is 0 Å². The Hall–Kier alpha value is -7.02. The summed E-state index contributed by atoms with van der Waals surface area (Å²) in [6.07, 6.45) is 55.4. The molecule has 0 heterocycles. The second kappa shape index (κ2) is 28.1. The number of aryl methyl sites for hydroxylation is 3. The van der Waals surface area contributed by atoms with E-state index < -0.39 is 0 Å². The predicted molar refractivity (Wildman–Crippen MR) is 394 cm³/mol. The molecule has 0 heteroatoms. The maximum atomic E-state index is 4.63. The summed E-state index contributed by atoms with van der Waals surface area (Å²) in [4.78, 5) is 0. The smallest absolute Gasteiger partial charge is 0.00839 e. The van der Waals surface area contributed by atoms with E-state index in [0.29, 0.717) is 11.8 Å². The van der Waals surface area contributed by atoms with Crippen LogP contribution in [0.15, 0.2) is 194 Å². The van der Waals surface area contributed by atoms with Crippen molar-refractivity contribution in [2.45, 2.75) is 195 Å². The van der Waals surface area contributed by atoms with Crippen LogP contribution in [-0.4, -0.2) is 0 Å². The molecule has 6 unspecified atom stereocenters. The van der Waals surface area contributed by atoms with Crippen molar-refractivity contribution in [3.8, 4) is 0 Å². The molecular weight excluding hydrogens is 1090 g/mol. The van der Waals surface area contributed by atoms with Gasteiger partial charge in [0.05, 0.1) is 0 Å². The van der Waals surface area contributed by atoms with Crippen LogP contribution in [0.1, 0.15) is 220 Å². The molecule has 91 heavy (non-hydrogen) atoms. The summed E-state index contributed by atoms with van der Waals surface area (Å²) in [6, 6.07) is 31.8. The number of hydrogen-bond donors (Lipinski definition) is 0. The van der Waals surface area contributed by atoms with Crippen LogP contribution in [0.5, 0.6) is 0 Å². The second-order valence-corrected chi connectivity index (χ2v) is 29.3. The Balaban J connectivity index is 0.000000125. The molecule has 5 aromatic rings. The van der Waals surface area contributed by atoms with Crippen LogP contribution < -0.4 is 0 Å². The molecule has 6 atom stereocenters. The molecule has 468 valence electrons. The van der Waals surface area contributed by atoms with Crippen LogP contribution >= 0.6 is 0 Å². The van der Waals surface area contributed by atoms with Crippen molar-refractivity contribution in [3.05, 3.63) is 283 Å². The lowest BCUT2D eigenvalue weighted by Gasteiger charge is -2.28. The van der Waals surface area contributed by atoms with Crippen LogP contribution in [-0.2, 0) is 64.2 Å². The molecule has 0 bridgehead atoms. The number of benzene rings is 5. The Bertz CT molecular complexity index is 3920. The van der Waals surface area contributed by atoms with Crippen LogP contribution in [0, 0.1) is 41.4 Å². The number of fused-ring (bicyclic) bond motifs is 6. The summed E-state index contributed by atoms with van der Waals surface area (Å²) in [6.45, 7) is 30.0. The zero-order chi connectivity index (χ0) is 62.7. The van der Waals surface area contributed by atoms with E-state index in [1.807, 2.05) is 0 Å². The molecule has 10 aliphatic carbocycles. The summed E-state index contributed by atoms with van der Waals surface area (Å²) in [7, 11) is 0. The largest absolute Gasteiger partial charge is 0.0952 e. The van der Waals surface area contributed by atoms with Gasteiger partial charge in [-0.25, -0.2) is 0 Å². The molecule has 0 amide bonds. The minimum absolute atomic E-state index is 0.563. The Morgan fingerprint density at radius 1 is 0.495 bits per heavy atom. The van der Waals surface area contributed by atoms with Crippen molar-refractivity contribution in [1.82, 2.24) is 0 Å². The maximum absolute atomic E-state index is 4.63. The summed E-state index contributed by atoms with van der Waals surface area (Å²) in [5, 5.41) is 0. The Kier molecular flexibility index (Phi) is 19.4. The van der Waals surface area contributed by atoms with Gasteiger partial charge in [0.15, 0.2) is 0 Å². The van der Waals surface area contributed by atoms with Gasteiger partial charge in [0, 0.05) is 5.92 Å². The first kappa shape index (κ1) is 62.8. The zero-order valence-electron chi connectivity index (χ0n) is 56.4. The van der Waals surface area contributed by atoms with E-state index in [1.165, 1.54) is 214 Å². The number of rotatable bonds is 14. The van der Waals surface area contributed by atoms with Gasteiger partial charge in [-0.3, -0.25) is 0 Å². The summed E-state index contributed by atoms with van der Waals surface area (Å²) in [5.41, 5.74) is 37.4. The van der Waals surface area contributed by atoms with Gasteiger partial charge in [0.2, 0.25) is 0 Å². The van der Waals surface area contributed by atoms with Gasteiger partial charge in [-0.05, 0) is 270 Å². The highest BCUT2D eigenvalue weighted by Crippen LogP contribution is 2.48. The molecule has 5 aromatic carbocycles. The van der Waals surface area contributed by atoms with Crippen LogP contribution in [0.25, 0.3) is 33.4 Å². The van der Waals surface area contributed by atoms with Crippen molar-refractivity contribution in [2.24, 2.45) is 41.4 Å². The van der Waals surface area contributed by atoms with E-state index in [2.05, 4.69) is 207 Å². The maximum Gasteiger partial charge on any atom is 0.00839 e. The standard InChI is InChI=1S/C31H34.C30H36.C30H34/c1-4-24-16-17-28-22(3)27(19-26-15-14-25-12-8-9-13-29(25)26)20-30(28)31(24)21(2)18-23-10-6-5-7-11-23;1-4-23-14-15-27-21(3)26(18-25-13-12-24-10-5-6-11-28(24)25)19-30(27)29(23)17-22-9-7-8-20(2)16-22;1-4-21-10-8-11-24(21)18-29-22(5-2)15-16-27-20(3)26(19-30(27)29)17-25-14-13-23-9-6-7-12-28(23)25/h8-9,12-13,15-17,19,23H,2-7,10-11,14,18,20H2,1H3;5-6,10-11,13-15,18,20,22,24,28H,3-4,7-9,12,16-17,19H2,1-2H3;6-7,9,12,14-17,21,24H,3-5,8,10-11,13,18-19H2,1-2H3/b27-19+;26-18+;26-17+. The summed E-state index contributed by atoms with van der Waals surface area (Å²) < 4.78 is 0. The molecule has 0 radical (unpaired) electrons. The van der Waals surface area contributed by atoms with E-state index in [-0.39, 0.29) is 0 Å². The van der Waals surface area contributed by atoms with Crippen molar-refractivity contribution >= 4 is 33.4 Å². The molecule has 0 spiro atoms. The van der Waals surface area contributed by atoms with Gasteiger partial charge >= 0.3 is 0 Å². The molecule has 0 nitrogen and oxygen atoms in total. The third-order valence-electron chi connectivity index (χ3n) is 23.8. The van der Waals surface area contributed by atoms with Crippen molar-refractivity contribution in [3.63, 3.8) is 0 Å². The Labute approximate surface area is 550 Å². The highest BCUT2D eigenvalue weighted by Gasteiger charge is 2.34. The van der Waals surface area contributed by atoms with Crippen LogP contribution in [0.4, 0.5) is 0 Å². The monoisotopic (exact) mass is 1200 g/mol. The quantitative estimate of drug-likeness (QED) is 0.104. The first-order valence-electron chi connectivity index (χ1n) is 36.4. The molecule has 3 saturated carbocycles. The van der Waals surface area contributed by atoms with E-state index in [0.717, 1.165) is 87.4 Å². The summed E-state index contributed by atoms with van der Waals surface area (Å²) >= 11 is 0. The van der Waals surface area contributed by atoms with Gasteiger partial charge in [-0.2, -0.15) is 0 Å². The second-order valence-electron chi connectivity index (χ2n) is 29.3. The topological polar surface area (TPSA) is 0 Å². The normalized spacial score (nSPS) is 24.7. The third kappa shape index (κ3) is 13.1. The lowest BCUT2D eigenvalue weighted by molar-refractivity contribution is 0.281. The van der Waals surface area contributed by atoms with Gasteiger partial charge in [0.25, 0.3) is 0 Å². The number of hydrogen-bond acceptors (Lipinski definition) is 0. The number of allylic oxidation sites excluding steroid dienone is 20. The molecule has 15 rings (SSSR count). The SMILES string of the molecule is C=C1/C(=C/C2=CCC3C=CC=CC23)Cc2c1ccc(CC)c2CC1CCCC(C)C1.C=C1/C(=C/C2=CCc3ccccc32)Cc2c1ccc(CC)c2C(=C)CC1CCCCC1.C=C1/C(=C/C2=CCc3ccccc32)Cc2c1ccc(CC)c2CC1CCCC1CC. The Morgan fingerprint density at radius 3 is 1.63 bits per heavy atom. The van der Waals surface area contributed by atoms with Crippen LogP contribution in [0.2, 0.25) is 0 Å². The zero-order valence-corrected chi connectivity index (χ0v) is 56.4. The minimum Gasteiger partial charge on any atom is -0.0952 e. The highest BCUT2D eigenvalue weighted by atomic mass is 14.4. The predicted octanol–water partition coefficient (Wildman–Crippen LogP) is 23.9. The summed E-state index contributed by atoms with van der Waals surface area (Å²) in [5.74, 6) is 5.60.